The van der Waals surface area contributed by atoms with E-state index in [1.807, 2.05) is 29.8 Å². The van der Waals surface area contributed by atoms with E-state index in [9.17, 15) is 9.59 Å². The van der Waals surface area contributed by atoms with Gasteiger partial charge >= 0.3 is 5.97 Å². The lowest BCUT2D eigenvalue weighted by Gasteiger charge is -2.25. The predicted molar refractivity (Wildman–Crippen MR) is 152 cm³/mol. The average Bonchev–Trinajstić information content (AvgIpc) is 3.31. The van der Waals surface area contributed by atoms with Crippen LogP contribution in [0.3, 0.4) is 0 Å². The first-order valence-electron chi connectivity index (χ1n) is 13.3. The third-order valence-electron chi connectivity index (χ3n) is 6.39. The van der Waals surface area contributed by atoms with Gasteiger partial charge in [-0.05, 0) is 67.5 Å². The predicted octanol–water partition coefficient (Wildman–Crippen LogP) is 5.45. The monoisotopic (exact) mass is 535 g/mol. The minimum atomic E-state index is -1.11. The van der Waals surface area contributed by atoms with Crippen molar-refractivity contribution < 1.29 is 23.8 Å². The number of aryl methyl sites for hydroxylation is 1. The number of ether oxygens (including phenoxy) is 3. The van der Waals surface area contributed by atoms with Crippen molar-refractivity contribution in [3.05, 3.63) is 70.9 Å². The number of amides is 1. The van der Waals surface area contributed by atoms with Gasteiger partial charge in [-0.15, -0.1) is 0 Å². The molecular formula is C31H41N3O5. The lowest BCUT2D eigenvalue weighted by Crippen LogP contribution is -2.39. The number of nitrogens with one attached hydrogen (secondary N) is 1. The zero-order chi connectivity index (χ0) is 28.8. The van der Waals surface area contributed by atoms with E-state index in [2.05, 4.69) is 55.5 Å². The molecule has 3 aromatic rings. The molecule has 1 heterocycles. The van der Waals surface area contributed by atoms with Gasteiger partial charge in [0.05, 0.1) is 25.5 Å². The molecular weight excluding hydrogens is 494 g/mol. The third kappa shape index (κ3) is 7.69. The van der Waals surface area contributed by atoms with Crippen LogP contribution in [0.15, 0.2) is 48.5 Å². The highest BCUT2D eigenvalue weighted by atomic mass is 16.6. The van der Waals surface area contributed by atoms with Crippen LogP contribution in [0.2, 0.25) is 0 Å². The van der Waals surface area contributed by atoms with E-state index in [1.54, 1.807) is 33.9 Å². The molecule has 0 aliphatic rings. The maximum absolute atomic E-state index is 13.1. The Bertz CT molecular complexity index is 1290. The van der Waals surface area contributed by atoms with Gasteiger partial charge in [0.25, 0.3) is 5.91 Å². The molecule has 1 aromatic heterocycles. The maximum atomic E-state index is 13.1. The number of nitrogens with zero attached hydrogens (tertiary/aromatic N) is 2. The zero-order valence-electron chi connectivity index (χ0n) is 24.4. The Morgan fingerprint density at radius 1 is 1.00 bits per heavy atom. The van der Waals surface area contributed by atoms with E-state index in [4.69, 9.17) is 14.2 Å². The van der Waals surface area contributed by atoms with Crippen molar-refractivity contribution in [1.29, 1.82) is 0 Å². The van der Waals surface area contributed by atoms with Crippen LogP contribution in [0.4, 0.5) is 0 Å². The molecule has 1 amide bonds. The Morgan fingerprint density at radius 3 is 2.28 bits per heavy atom. The Hall–Kier alpha value is -3.65. The van der Waals surface area contributed by atoms with Gasteiger partial charge < -0.3 is 19.5 Å². The smallest absolute Gasteiger partial charge is 0.349 e. The number of esters is 1. The van der Waals surface area contributed by atoms with Crippen LogP contribution in [0, 0.1) is 6.92 Å². The molecule has 39 heavy (non-hydrogen) atoms. The lowest BCUT2D eigenvalue weighted by molar-refractivity contribution is -0.158. The van der Waals surface area contributed by atoms with Crippen molar-refractivity contribution in [1.82, 2.24) is 15.1 Å². The van der Waals surface area contributed by atoms with Crippen LogP contribution >= 0.6 is 0 Å². The molecule has 0 bridgehead atoms. The van der Waals surface area contributed by atoms with Crippen LogP contribution in [0.1, 0.15) is 68.7 Å². The van der Waals surface area contributed by atoms with Crippen molar-refractivity contribution in [2.45, 2.75) is 72.6 Å². The topological polar surface area (TPSA) is 91.7 Å². The van der Waals surface area contributed by atoms with Crippen molar-refractivity contribution in [3.8, 4) is 17.0 Å². The Kier molecular flexibility index (Phi) is 9.56. The molecule has 2 aromatic carbocycles. The SMILES string of the molecule is CCOC(=O)C(C)(C)Oc1ccc(CNC(=O)c2cc(-c3ccc(C(C)(C)C)cc3)n(CCOC)n2)cc1C. The fourth-order valence-corrected chi connectivity index (χ4v) is 4.08. The molecule has 210 valence electrons. The second kappa shape index (κ2) is 12.5. The van der Waals surface area contributed by atoms with Crippen molar-refractivity contribution in [3.63, 3.8) is 0 Å². The fourth-order valence-electron chi connectivity index (χ4n) is 4.08. The third-order valence-corrected chi connectivity index (χ3v) is 6.39. The van der Waals surface area contributed by atoms with Gasteiger partial charge in [0.15, 0.2) is 11.3 Å². The van der Waals surface area contributed by atoms with Gasteiger partial charge in [-0.1, -0.05) is 57.2 Å². The second-order valence-corrected chi connectivity index (χ2v) is 11.1. The van der Waals surface area contributed by atoms with E-state index in [0.29, 0.717) is 37.7 Å². The molecule has 8 heteroatoms. The van der Waals surface area contributed by atoms with E-state index >= 15 is 0 Å². The molecule has 0 atom stereocenters. The molecule has 0 fully saturated rings. The maximum Gasteiger partial charge on any atom is 0.349 e. The number of carbonyl (C=O) groups is 2. The molecule has 0 saturated heterocycles. The summed E-state index contributed by atoms with van der Waals surface area (Å²) in [5, 5.41) is 7.53. The van der Waals surface area contributed by atoms with Gasteiger partial charge in [-0.25, -0.2) is 4.79 Å². The minimum absolute atomic E-state index is 0.0552. The standard InChI is InChI=1S/C31H41N3O5/c1-9-38-29(36)31(6,7)39-27-15-10-22(18-21(27)2)20-32-28(35)25-19-26(34(33-25)16-17-37-8)23-11-13-24(14-12-23)30(3,4)5/h10-15,18-19H,9,16-17,20H2,1-8H3,(H,32,35). The van der Waals surface area contributed by atoms with E-state index < -0.39 is 11.6 Å². The summed E-state index contributed by atoms with van der Waals surface area (Å²) < 4.78 is 18.1. The highest BCUT2D eigenvalue weighted by molar-refractivity contribution is 5.93. The number of benzene rings is 2. The van der Waals surface area contributed by atoms with Gasteiger partial charge in [0.2, 0.25) is 0 Å². The number of rotatable bonds is 11. The summed E-state index contributed by atoms with van der Waals surface area (Å²) in [6.07, 6.45) is 0. The molecule has 8 nitrogen and oxygen atoms in total. The fraction of sp³-hybridized carbons (Fsp3) is 0.452. The molecule has 0 unspecified atom stereocenters. The molecule has 0 aliphatic heterocycles. The quantitative estimate of drug-likeness (QED) is 0.328. The van der Waals surface area contributed by atoms with Crippen LogP contribution in [0.25, 0.3) is 11.3 Å². The Labute approximate surface area is 231 Å². The second-order valence-electron chi connectivity index (χ2n) is 11.1. The summed E-state index contributed by atoms with van der Waals surface area (Å²) >= 11 is 0. The van der Waals surface area contributed by atoms with E-state index in [0.717, 1.165) is 22.4 Å². The van der Waals surface area contributed by atoms with Crippen molar-refractivity contribution in [2.24, 2.45) is 0 Å². The van der Waals surface area contributed by atoms with Gasteiger partial charge in [-0.2, -0.15) is 5.10 Å². The molecule has 3 rings (SSSR count). The first-order valence-corrected chi connectivity index (χ1v) is 13.3. The van der Waals surface area contributed by atoms with Crippen molar-refractivity contribution in [2.75, 3.05) is 20.3 Å². The Morgan fingerprint density at radius 2 is 1.69 bits per heavy atom. The zero-order valence-corrected chi connectivity index (χ0v) is 24.4. The molecule has 0 saturated carbocycles. The summed E-state index contributed by atoms with van der Waals surface area (Å²) in [7, 11) is 1.64. The summed E-state index contributed by atoms with van der Waals surface area (Å²) in [5.74, 6) is -0.0996. The van der Waals surface area contributed by atoms with Crippen LogP contribution < -0.4 is 10.1 Å². The summed E-state index contributed by atoms with van der Waals surface area (Å²) in [6.45, 7) is 15.2. The first kappa shape index (κ1) is 29.9. The average molecular weight is 536 g/mol. The highest BCUT2D eigenvalue weighted by Gasteiger charge is 2.32. The van der Waals surface area contributed by atoms with Crippen LogP contribution in [0.5, 0.6) is 5.75 Å². The number of hydrogen-bond donors (Lipinski definition) is 1. The van der Waals surface area contributed by atoms with Gasteiger partial charge in [0, 0.05) is 13.7 Å². The minimum Gasteiger partial charge on any atom is -0.476 e. The number of hydrogen-bond acceptors (Lipinski definition) is 6. The molecule has 0 radical (unpaired) electrons. The van der Waals surface area contributed by atoms with Gasteiger partial charge in [-0.3, -0.25) is 9.48 Å². The largest absolute Gasteiger partial charge is 0.476 e. The number of aromatic nitrogens is 2. The molecule has 0 spiro atoms. The lowest BCUT2D eigenvalue weighted by atomic mass is 9.86. The van der Waals surface area contributed by atoms with E-state index in [-0.39, 0.29) is 11.3 Å². The number of carbonyl (C=O) groups excluding carboxylic acids is 2. The summed E-state index contributed by atoms with van der Waals surface area (Å²) in [6, 6.07) is 15.8. The van der Waals surface area contributed by atoms with Crippen molar-refractivity contribution >= 4 is 11.9 Å². The van der Waals surface area contributed by atoms with Gasteiger partial charge in [0.1, 0.15) is 5.75 Å². The highest BCUT2D eigenvalue weighted by Crippen LogP contribution is 2.27. The van der Waals surface area contributed by atoms with E-state index in [1.165, 1.54) is 5.56 Å². The first-order chi connectivity index (χ1) is 18.4. The molecule has 0 aliphatic carbocycles. The normalized spacial score (nSPS) is 11.8. The summed E-state index contributed by atoms with van der Waals surface area (Å²) in [4.78, 5) is 25.2. The molecule has 1 N–H and O–H groups in total. The Balaban J connectivity index is 1.73. The number of methoxy groups -OCH3 is 1. The summed E-state index contributed by atoms with van der Waals surface area (Å²) in [5.41, 5.74) is 4.13. The van der Waals surface area contributed by atoms with Crippen LogP contribution in [-0.2, 0) is 32.8 Å². The van der Waals surface area contributed by atoms with Crippen LogP contribution in [-0.4, -0.2) is 47.6 Å².